The molecule has 7 nitrogen and oxygen atoms in total. The highest BCUT2D eigenvalue weighted by Gasteiger charge is 2.50. The molecule has 2 heterocycles. The second-order valence-electron chi connectivity index (χ2n) is 11.3. The van der Waals surface area contributed by atoms with Crippen LogP contribution in [0.2, 0.25) is 25.7 Å². The number of nitrogens with zero attached hydrogens (tertiary/aromatic N) is 3. The zero-order valence-electron chi connectivity index (χ0n) is 21.7. The van der Waals surface area contributed by atoms with Crippen molar-refractivity contribution in [2.75, 3.05) is 13.7 Å². The number of ether oxygens (including phenoxy) is 1. The molecular formula is C26H39N5O2Si. The summed E-state index contributed by atoms with van der Waals surface area (Å²) in [7, 11) is 0.505. The third-order valence-electron chi connectivity index (χ3n) is 7.30. The Morgan fingerprint density at radius 3 is 2.38 bits per heavy atom. The van der Waals surface area contributed by atoms with Gasteiger partial charge in [-0.05, 0) is 56.7 Å². The average Bonchev–Trinajstić information content (AvgIpc) is 3.55. The summed E-state index contributed by atoms with van der Waals surface area (Å²) in [4.78, 5) is 15.0. The Labute approximate surface area is 204 Å². The minimum Gasteiger partial charge on any atom is -0.360 e. The summed E-state index contributed by atoms with van der Waals surface area (Å²) >= 11 is 0. The third-order valence-corrected chi connectivity index (χ3v) is 9.00. The van der Waals surface area contributed by atoms with E-state index in [9.17, 15) is 4.79 Å². The quantitative estimate of drug-likeness (QED) is 0.423. The van der Waals surface area contributed by atoms with Crippen molar-refractivity contribution >= 4 is 19.9 Å². The SMILES string of the molecule is Cc1nn(COCC[Si](C)(C)C)c(C)c1[C@@]1(C)NC(=N)N(C)C(=O)[C@@H]1c1ccc(C2CC2)cc1. The average molecular weight is 482 g/mol. The van der Waals surface area contributed by atoms with Gasteiger partial charge in [-0.2, -0.15) is 5.10 Å². The Hall–Kier alpha value is -2.45. The van der Waals surface area contributed by atoms with E-state index >= 15 is 0 Å². The standard InChI is InChI=1S/C26H39N5O2Si/c1-17-22(18(2)31(29-17)16-33-14-15-34(5,6)7)26(3)23(24(32)30(4)25(27)28-26)21-12-10-20(11-13-21)19-8-9-19/h10-13,19,23H,8-9,14-16H2,1-7H3,(H2,27,28)/t23-,26+/m0/s1. The van der Waals surface area contributed by atoms with Crippen LogP contribution in [0.4, 0.5) is 0 Å². The molecule has 1 aliphatic carbocycles. The topological polar surface area (TPSA) is 83.2 Å². The molecule has 4 rings (SSSR count). The zero-order valence-corrected chi connectivity index (χ0v) is 22.7. The molecule has 1 amide bonds. The number of hydrogen-bond acceptors (Lipinski definition) is 4. The molecule has 1 aromatic carbocycles. The third kappa shape index (κ3) is 4.70. The normalized spacial score (nSPS) is 23.4. The van der Waals surface area contributed by atoms with Crippen molar-refractivity contribution in [3.63, 3.8) is 0 Å². The van der Waals surface area contributed by atoms with Gasteiger partial charge in [-0.1, -0.05) is 43.9 Å². The monoisotopic (exact) mass is 481 g/mol. The molecule has 2 aromatic rings. The van der Waals surface area contributed by atoms with E-state index in [1.807, 2.05) is 25.5 Å². The molecule has 184 valence electrons. The molecule has 0 radical (unpaired) electrons. The van der Waals surface area contributed by atoms with Crippen molar-refractivity contribution in [1.29, 1.82) is 5.41 Å². The van der Waals surface area contributed by atoms with Crippen LogP contribution in [-0.2, 0) is 21.8 Å². The van der Waals surface area contributed by atoms with Gasteiger partial charge in [-0.15, -0.1) is 0 Å². The first-order valence-electron chi connectivity index (χ1n) is 12.3. The predicted molar refractivity (Wildman–Crippen MR) is 138 cm³/mol. The second-order valence-corrected chi connectivity index (χ2v) is 17.0. The van der Waals surface area contributed by atoms with Crippen LogP contribution in [0.1, 0.15) is 59.7 Å². The molecule has 2 aliphatic rings. The van der Waals surface area contributed by atoms with Crippen LogP contribution in [0, 0.1) is 19.3 Å². The van der Waals surface area contributed by atoms with Crippen LogP contribution in [0.25, 0.3) is 0 Å². The number of hydrogen-bond donors (Lipinski definition) is 2. The summed E-state index contributed by atoms with van der Waals surface area (Å²) in [5.41, 5.74) is 4.28. The first kappa shape index (κ1) is 24.7. The number of nitrogens with one attached hydrogen (secondary N) is 2. The summed E-state index contributed by atoms with van der Waals surface area (Å²) < 4.78 is 7.87. The Balaban J connectivity index is 1.67. The largest absolute Gasteiger partial charge is 0.360 e. The van der Waals surface area contributed by atoms with Gasteiger partial charge in [0, 0.05) is 33.0 Å². The fraction of sp³-hybridized carbons (Fsp3) is 0.577. The minimum atomic E-state index is -1.16. The maximum absolute atomic E-state index is 13.6. The molecule has 2 N–H and O–H groups in total. The summed E-state index contributed by atoms with van der Waals surface area (Å²) in [6.07, 6.45) is 2.50. The molecule has 2 atom stereocenters. The van der Waals surface area contributed by atoms with E-state index in [2.05, 4.69) is 49.2 Å². The molecular weight excluding hydrogens is 442 g/mol. The van der Waals surface area contributed by atoms with Gasteiger partial charge in [0.2, 0.25) is 5.91 Å². The van der Waals surface area contributed by atoms with E-state index in [-0.39, 0.29) is 11.9 Å². The Bertz CT molecular complexity index is 1080. The zero-order chi connectivity index (χ0) is 24.8. The Morgan fingerprint density at radius 1 is 1.18 bits per heavy atom. The van der Waals surface area contributed by atoms with Gasteiger partial charge >= 0.3 is 0 Å². The molecule has 2 fully saturated rings. The predicted octanol–water partition coefficient (Wildman–Crippen LogP) is 4.69. The summed E-state index contributed by atoms with van der Waals surface area (Å²) in [5.74, 6) is 0.225. The van der Waals surface area contributed by atoms with Crippen LogP contribution in [0.5, 0.6) is 0 Å². The number of aryl methyl sites for hydroxylation is 1. The molecule has 8 heteroatoms. The van der Waals surface area contributed by atoms with Gasteiger partial charge in [0.15, 0.2) is 5.96 Å². The van der Waals surface area contributed by atoms with E-state index in [0.29, 0.717) is 12.6 Å². The first-order chi connectivity index (χ1) is 15.9. The maximum Gasteiger partial charge on any atom is 0.239 e. The van der Waals surface area contributed by atoms with Crippen molar-refractivity contribution in [2.45, 2.75) is 83.4 Å². The van der Waals surface area contributed by atoms with Gasteiger partial charge in [0.25, 0.3) is 0 Å². The number of amides is 1. The maximum atomic E-state index is 13.6. The Morgan fingerprint density at radius 2 is 1.79 bits per heavy atom. The molecule has 1 saturated heterocycles. The molecule has 1 saturated carbocycles. The van der Waals surface area contributed by atoms with E-state index in [1.54, 1.807) is 7.05 Å². The number of carbonyl (C=O) groups excluding carboxylic acids is 1. The molecule has 0 spiro atoms. The van der Waals surface area contributed by atoms with E-state index < -0.39 is 19.5 Å². The van der Waals surface area contributed by atoms with Crippen LogP contribution in [0.15, 0.2) is 24.3 Å². The molecule has 0 bridgehead atoms. The lowest BCUT2D eigenvalue weighted by atomic mass is 9.72. The first-order valence-corrected chi connectivity index (χ1v) is 16.0. The smallest absolute Gasteiger partial charge is 0.239 e. The molecule has 0 unspecified atom stereocenters. The van der Waals surface area contributed by atoms with Crippen LogP contribution < -0.4 is 5.32 Å². The number of carbonyl (C=O) groups is 1. The Kier molecular flexibility index (Phi) is 6.50. The van der Waals surface area contributed by atoms with Gasteiger partial charge < -0.3 is 10.1 Å². The van der Waals surface area contributed by atoms with Crippen molar-refractivity contribution in [1.82, 2.24) is 20.0 Å². The number of aromatic nitrogens is 2. The van der Waals surface area contributed by atoms with Crippen molar-refractivity contribution < 1.29 is 9.53 Å². The number of benzene rings is 1. The summed E-state index contributed by atoms with van der Waals surface area (Å²) in [5, 5.41) is 16.6. The molecule has 34 heavy (non-hydrogen) atoms. The van der Waals surface area contributed by atoms with Gasteiger partial charge in [-0.25, -0.2) is 4.68 Å². The molecule has 1 aliphatic heterocycles. The highest BCUT2D eigenvalue weighted by Crippen LogP contribution is 2.45. The van der Waals surface area contributed by atoms with Crippen molar-refractivity contribution in [3.05, 3.63) is 52.3 Å². The highest BCUT2D eigenvalue weighted by atomic mass is 28.3. The highest BCUT2D eigenvalue weighted by molar-refractivity contribution is 6.76. The number of rotatable bonds is 8. The van der Waals surface area contributed by atoms with Gasteiger partial charge in [0.05, 0.1) is 17.2 Å². The van der Waals surface area contributed by atoms with Crippen molar-refractivity contribution in [2.24, 2.45) is 0 Å². The van der Waals surface area contributed by atoms with E-state index in [4.69, 9.17) is 15.2 Å². The van der Waals surface area contributed by atoms with E-state index in [1.165, 1.54) is 23.3 Å². The number of guanidine groups is 1. The van der Waals surface area contributed by atoms with Crippen LogP contribution in [0.3, 0.4) is 0 Å². The lowest BCUT2D eigenvalue weighted by molar-refractivity contribution is -0.131. The van der Waals surface area contributed by atoms with Crippen molar-refractivity contribution in [3.8, 4) is 0 Å². The van der Waals surface area contributed by atoms with E-state index in [0.717, 1.165) is 35.2 Å². The lowest BCUT2D eigenvalue weighted by Gasteiger charge is -2.46. The van der Waals surface area contributed by atoms with Gasteiger partial charge in [-0.3, -0.25) is 15.1 Å². The second kappa shape index (κ2) is 8.96. The lowest BCUT2D eigenvalue weighted by Crippen LogP contribution is -2.62. The minimum absolute atomic E-state index is 0.0802. The van der Waals surface area contributed by atoms with Crippen LogP contribution >= 0.6 is 0 Å². The van der Waals surface area contributed by atoms with Gasteiger partial charge in [0.1, 0.15) is 6.73 Å². The fourth-order valence-electron chi connectivity index (χ4n) is 5.12. The summed E-state index contributed by atoms with van der Waals surface area (Å²) in [6.45, 7) is 14.2. The fourth-order valence-corrected chi connectivity index (χ4v) is 5.87. The van der Waals surface area contributed by atoms with Crippen LogP contribution in [-0.4, -0.2) is 48.3 Å². The summed E-state index contributed by atoms with van der Waals surface area (Å²) in [6, 6.07) is 9.61. The number of likely N-dealkylation sites (N-methyl/N-ethyl adjacent to an activating group) is 1. The molecule has 1 aromatic heterocycles.